The Morgan fingerprint density at radius 3 is 1.07 bits per heavy atom. The van der Waals surface area contributed by atoms with Crippen molar-refractivity contribution in [3.05, 3.63) is 120 Å². The molecule has 0 saturated heterocycles. The number of nitrogens with one attached hydrogen (secondary N) is 3. The predicted molar refractivity (Wildman–Crippen MR) is 208 cm³/mol. The molecule has 0 amide bonds. The van der Waals surface area contributed by atoms with E-state index in [1.54, 1.807) is 0 Å². The molecule has 0 aliphatic heterocycles. The number of halogens is 3. The smallest absolute Gasteiger partial charge is 0.0211 e. The van der Waals surface area contributed by atoms with E-state index in [0.29, 0.717) is 0 Å². The van der Waals surface area contributed by atoms with Crippen LogP contribution in [0.1, 0.15) is 24.0 Å². The lowest BCUT2D eigenvalue weighted by molar-refractivity contribution is 0.566. The number of hydrogen-bond acceptors (Lipinski definition) is 3. The van der Waals surface area contributed by atoms with E-state index >= 15 is 0 Å². The molecule has 8 aromatic rings. The Morgan fingerprint density at radius 2 is 0.652 bits per heavy atom. The zero-order chi connectivity index (χ0) is 28.6. The number of benzene rings is 8. The van der Waals surface area contributed by atoms with Crippen molar-refractivity contribution < 1.29 is 0 Å². The third-order valence-corrected chi connectivity index (χ3v) is 9.28. The topological polar surface area (TPSA) is 36.1 Å². The summed E-state index contributed by atoms with van der Waals surface area (Å²) in [7, 11) is 0. The van der Waals surface area contributed by atoms with E-state index in [0.717, 1.165) is 52.1 Å². The molecular weight excluding hydrogens is 629 g/mol. The quantitative estimate of drug-likeness (QED) is 0.0896. The second-order valence-corrected chi connectivity index (χ2v) is 12.0. The standard InChI is InChI=1S/C40H37N3.3ClH/c1-5-27-9-11-31-13-15-33(35-19-17-29(7-1)37(27)39(31)35)25-42-23-3-21-41-22-4-24-43-26-34-16-14-32-12-10-28-6-2-8-30-18-20-36(34)40(32)38(28)30;;;/h1-2,5-20,41-43H,3-4,21-26H2;3*1H. The van der Waals surface area contributed by atoms with Crippen molar-refractivity contribution in [3.63, 3.8) is 0 Å². The van der Waals surface area contributed by atoms with Gasteiger partial charge in [0.05, 0.1) is 0 Å². The van der Waals surface area contributed by atoms with Crippen molar-refractivity contribution in [2.24, 2.45) is 0 Å². The molecule has 8 aromatic carbocycles. The van der Waals surface area contributed by atoms with Crippen LogP contribution in [0.15, 0.2) is 109 Å². The molecule has 46 heavy (non-hydrogen) atoms. The molecule has 0 bridgehead atoms. The maximum Gasteiger partial charge on any atom is 0.0211 e. The first kappa shape index (κ1) is 33.9. The molecular formula is C40H40Cl3N3. The maximum atomic E-state index is 3.69. The first-order valence-corrected chi connectivity index (χ1v) is 15.8. The average Bonchev–Trinajstić information content (AvgIpc) is 3.06. The molecule has 0 atom stereocenters. The van der Waals surface area contributed by atoms with Crippen LogP contribution >= 0.6 is 37.2 Å². The van der Waals surface area contributed by atoms with Crippen LogP contribution < -0.4 is 16.0 Å². The Morgan fingerprint density at radius 1 is 0.326 bits per heavy atom. The van der Waals surface area contributed by atoms with Crippen molar-refractivity contribution in [3.8, 4) is 0 Å². The van der Waals surface area contributed by atoms with Crippen LogP contribution in [-0.4, -0.2) is 26.2 Å². The lowest BCUT2D eigenvalue weighted by Crippen LogP contribution is -2.25. The zero-order valence-electron chi connectivity index (χ0n) is 25.8. The Balaban J connectivity index is 0.00000139. The van der Waals surface area contributed by atoms with E-state index in [9.17, 15) is 0 Å². The highest BCUT2D eigenvalue weighted by molar-refractivity contribution is 6.24. The molecule has 0 saturated carbocycles. The predicted octanol–water partition coefficient (Wildman–Crippen LogP) is 10.00. The lowest BCUT2D eigenvalue weighted by atomic mass is 9.92. The molecule has 0 aromatic heterocycles. The van der Waals surface area contributed by atoms with Gasteiger partial charge >= 0.3 is 0 Å². The van der Waals surface area contributed by atoms with Gasteiger partial charge in [-0.1, -0.05) is 109 Å². The highest BCUT2D eigenvalue weighted by atomic mass is 35.5. The van der Waals surface area contributed by atoms with E-state index in [1.165, 1.54) is 75.8 Å². The number of hydrogen-bond donors (Lipinski definition) is 3. The summed E-state index contributed by atoms with van der Waals surface area (Å²) in [6.45, 7) is 5.92. The van der Waals surface area contributed by atoms with Gasteiger partial charge in [0.15, 0.2) is 0 Å². The lowest BCUT2D eigenvalue weighted by Gasteiger charge is -2.14. The van der Waals surface area contributed by atoms with E-state index in [1.807, 2.05) is 0 Å². The molecule has 0 aliphatic rings. The van der Waals surface area contributed by atoms with Crippen LogP contribution in [0.4, 0.5) is 0 Å². The van der Waals surface area contributed by atoms with Gasteiger partial charge in [0.1, 0.15) is 0 Å². The first-order chi connectivity index (χ1) is 21.3. The summed E-state index contributed by atoms with van der Waals surface area (Å²) in [5.41, 5.74) is 2.77. The largest absolute Gasteiger partial charge is 0.317 e. The van der Waals surface area contributed by atoms with Crippen LogP contribution in [0.5, 0.6) is 0 Å². The summed E-state index contributed by atoms with van der Waals surface area (Å²) >= 11 is 0. The molecule has 6 heteroatoms. The molecule has 3 N–H and O–H groups in total. The fraction of sp³-hybridized carbons (Fsp3) is 0.200. The van der Waals surface area contributed by atoms with Gasteiger partial charge in [0, 0.05) is 13.1 Å². The molecule has 0 radical (unpaired) electrons. The second kappa shape index (κ2) is 15.0. The monoisotopic (exact) mass is 667 g/mol. The molecule has 8 rings (SSSR count). The van der Waals surface area contributed by atoms with Crippen LogP contribution in [0.2, 0.25) is 0 Å². The second-order valence-electron chi connectivity index (χ2n) is 12.0. The SMILES string of the molecule is Cl.Cl.Cl.c1cc2ccc3ccc(CNCCCNCCCNCc4ccc5ccc6cccc7ccc4c5c67)c4ccc(c1)c2c34. The van der Waals surface area contributed by atoms with Crippen molar-refractivity contribution in [2.75, 3.05) is 26.2 Å². The maximum absolute atomic E-state index is 3.69. The molecule has 236 valence electrons. The fourth-order valence-corrected chi connectivity index (χ4v) is 7.15. The molecule has 0 heterocycles. The number of rotatable bonds is 12. The van der Waals surface area contributed by atoms with Crippen molar-refractivity contribution >= 4 is 102 Å². The summed E-state index contributed by atoms with van der Waals surface area (Å²) in [6.07, 6.45) is 2.25. The van der Waals surface area contributed by atoms with Gasteiger partial charge in [-0.05, 0) is 115 Å². The van der Waals surface area contributed by atoms with Gasteiger partial charge in [0.25, 0.3) is 0 Å². The van der Waals surface area contributed by atoms with Crippen molar-refractivity contribution in [2.45, 2.75) is 25.9 Å². The van der Waals surface area contributed by atoms with Gasteiger partial charge in [-0.3, -0.25) is 0 Å². The third kappa shape index (κ3) is 6.29. The summed E-state index contributed by atoms with van der Waals surface area (Å²) in [6, 6.07) is 40.5. The summed E-state index contributed by atoms with van der Waals surface area (Å²) in [5, 5.41) is 27.3. The van der Waals surface area contributed by atoms with Crippen LogP contribution in [0, 0.1) is 0 Å². The Hall–Kier alpha value is -3.41. The van der Waals surface area contributed by atoms with E-state index < -0.39 is 0 Å². The van der Waals surface area contributed by atoms with Gasteiger partial charge in [0.2, 0.25) is 0 Å². The summed E-state index contributed by atoms with van der Waals surface area (Å²) in [5.74, 6) is 0. The van der Waals surface area contributed by atoms with Crippen LogP contribution in [0.25, 0.3) is 64.6 Å². The highest BCUT2D eigenvalue weighted by Crippen LogP contribution is 2.37. The zero-order valence-corrected chi connectivity index (χ0v) is 28.2. The highest BCUT2D eigenvalue weighted by Gasteiger charge is 2.12. The molecule has 0 unspecified atom stereocenters. The van der Waals surface area contributed by atoms with Gasteiger partial charge in [-0.25, -0.2) is 0 Å². The Bertz CT molecular complexity index is 2010. The third-order valence-electron chi connectivity index (χ3n) is 9.28. The average molecular weight is 669 g/mol. The normalized spacial score (nSPS) is 11.5. The Labute approximate surface area is 289 Å². The van der Waals surface area contributed by atoms with E-state index in [4.69, 9.17) is 0 Å². The summed E-state index contributed by atoms with van der Waals surface area (Å²) in [4.78, 5) is 0. The first-order valence-electron chi connectivity index (χ1n) is 15.8. The van der Waals surface area contributed by atoms with Crippen LogP contribution in [-0.2, 0) is 13.1 Å². The van der Waals surface area contributed by atoms with Gasteiger partial charge < -0.3 is 16.0 Å². The molecule has 0 fully saturated rings. The minimum atomic E-state index is 0. The van der Waals surface area contributed by atoms with Crippen LogP contribution in [0.3, 0.4) is 0 Å². The minimum Gasteiger partial charge on any atom is -0.317 e. The van der Waals surface area contributed by atoms with E-state index in [2.05, 4.69) is 125 Å². The minimum absolute atomic E-state index is 0. The van der Waals surface area contributed by atoms with Gasteiger partial charge in [-0.2, -0.15) is 0 Å². The van der Waals surface area contributed by atoms with Gasteiger partial charge in [-0.15, -0.1) is 37.2 Å². The molecule has 0 spiro atoms. The Kier molecular flexibility index (Phi) is 11.1. The van der Waals surface area contributed by atoms with Crippen molar-refractivity contribution in [1.82, 2.24) is 16.0 Å². The van der Waals surface area contributed by atoms with Crippen molar-refractivity contribution in [1.29, 1.82) is 0 Å². The molecule has 3 nitrogen and oxygen atoms in total. The fourth-order valence-electron chi connectivity index (χ4n) is 7.15. The van der Waals surface area contributed by atoms with E-state index in [-0.39, 0.29) is 37.2 Å². The summed E-state index contributed by atoms with van der Waals surface area (Å²) < 4.78 is 0. The molecule has 0 aliphatic carbocycles.